The minimum atomic E-state index is -1.17. The van der Waals surface area contributed by atoms with Gasteiger partial charge in [0, 0.05) is 5.75 Å². The molecule has 2 N–H and O–H groups in total. The SMILES string of the molecule is C=CC(CC)CS(N)=O. The Morgan fingerprint density at radius 1 is 1.89 bits per heavy atom. The van der Waals surface area contributed by atoms with Crippen molar-refractivity contribution in [3.63, 3.8) is 0 Å². The van der Waals surface area contributed by atoms with Crippen molar-refractivity contribution in [1.29, 1.82) is 0 Å². The van der Waals surface area contributed by atoms with E-state index in [2.05, 4.69) is 6.58 Å². The molecule has 3 heteroatoms. The Hall–Kier alpha value is -0.150. The maximum Gasteiger partial charge on any atom is 0.0893 e. The van der Waals surface area contributed by atoms with E-state index in [0.717, 1.165) is 6.42 Å². The van der Waals surface area contributed by atoms with Crippen molar-refractivity contribution >= 4 is 11.0 Å². The van der Waals surface area contributed by atoms with Gasteiger partial charge in [-0.2, -0.15) is 0 Å². The molecule has 54 valence electrons. The van der Waals surface area contributed by atoms with E-state index < -0.39 is 11.0 Å². The second kappa shape index (κ2) is 4.70. The van der Waals surface area contributed by atoms with Crippen LogP contribution in [-0.2, 0) is 11.0 Å². The van der Waals surface area contributed by atoms with Crippen molar-refractivity contribution in [2.75, 3.05) is 5.75 Å². The number of hydrogen-bond donors (Lipinski definition) is 1. The minimum Gasteiger partial charge on any atom is -0.252 e. The van der Waals surface area contributed by atoms with Gasteiger partial charge in [-0.15, -0.1) is 6.58 Å². The van der Waals surface area contributed by atoms with E-state index in [4.69, 9.17) is 5.14 Å². The first-order valence-corrected chi connectivity index (χ1v) is 4.34. The van der Waals surface area contributed by atoms with Crippen LogP contribution in [0.1, 0.15) is 13.3 Å². The third kappa shape index (κ3) is 4.36. The quantitative estimate of drug-likeness (QED) is 0.588. The number of allylic oxidation sites excluding steroid dienone is 1. The monoisotopic (exact) mass is 147 g/mol. The Balaban J connectivity index is 3.55. The zero-order valence-electron chi connectivity index (χ0n) is 5.67. The van der Waals surface area contributed by atoms with Gasteiger partial charge in [-0.25, -0.2) is 4.21 Å². The molecule has 0 spiro atoms. The van der Waals surface area contributed by atoms with Crippen molar-refractivity contribution in [3.8, 4) is 0 Å². The highest BCUT2D eigenvalue weighted by atomic mass is 32.2. The van der Waals surface area contributed by atoms with E-state index in [-0.39, 0.29) is 0 Å². The summed E-state index contributed by atoms with van der Waals surface area (Å²) in [6.07, 6.45) is 2.76. The van der Waals surface area contributed by atoms with Crippen molar-refractivity contribution in [2.24, 2.45) is 11.1 Å². The molecule has 0 heterocycles. The lowest BCUT2D eigenvalue weighted by atomic mass is 10.1. The molecule has 0 amide bonds. The minimum absolute atomic E-state index is 0.316. The normalized spacial score (nSPS) is 16.7. The summed E-state index contributed by atoms with van der Waals surface area (Å²) >= 11 is 0. The molecule has 0 saturated carbocycles. The lowest BCUT2D eigenvalue weighted by Crippen LogP contribution is -2.14. The van der Waals surface area contributed by atoms with E-state index in [1.807, 2.05) is 6.92 Å². The van der Waals surface area contributed by atoms with Crippen LogP contribution in [0.2, 0.25) is 0 Å². The Morgan fingerprint density at radius 3 is 2.56 bits per heavy atom. The van der Waals surface area contributed by atoms with Crippen molar-refractivity contribution in [1.82, 2.24) is 0 Å². The fraction of sp³-hybridized carbons (Fsp3) is 0.667. The van der Waals surface area contributed by atoms with Gasteiger partial charge in [-0.1, -0.05) is 13.0 Å². The molecule has 0 aliphatic carbocycles. The molecule has 0 fully saturated rings. The van der Waals surface area contributed by atoms with Crippen LogP contribution >= 0.6 is 0 Å². The van der Waals surface area contributed by atoms with Crippen LogP contribution in [0.15, 0.2) is 12.7 Å². The molecule has 0 aromatic heterocycles. The van der Waals surface area contributed by atoms with Crippen LogP contribution in [0.25, 0.3) is 0 Å². The van der Waals surface area contributed by atoms with Crippen LogP contribution in [0.4, 0.5) is 0 Å². The zero-order chi connectivity index (χ0) is 7.28. The fourth-order valence-electron chi connectivity index (χ4n) is 0.564. The number of rotatable bonds is 4. The molecular formula is C6H13NOS. The highest BCUT2D eigenvalue weighted by Gasteiger charge is 2.02. The largest absolute Gasteiger partial charge is 0.252 e. The third-order valence-electron chi connectivity index (χ3n) is 1.24. The molecule has 0 bridgehead atoms. The smallest absolute Gasteiger partial charge is 0.0893 e. The number of hydrogen-bond acceptors (Lipinski definition) is 1. The average Bonchev–Trinajstić information content (AvgIpc) is 1.82. The second-order valence-electron chi connectivity index (χ2n) is 1.95. The molecule has 2 atom stereocenters. The van der Waals surface area contributed by atoms with Gasteiger partial charge in [0.25, 0.3) is 0 Å². The molecule has 2 unspecified atom stereocenters. The molecular weight excluding hydrogens is 134 g/mol. The summed E-state index contributed by atoms with van der Waals surface area (Å²) in [6.45, 7) is 5.62. The van der Waals surface area contributed by atoms with Gasteiger partial charge in [-0.3, -0.25) is 5.14 Å². The molecule has 0 aromatic rings. The summed E-state index contributed by atoms with van der Waals surface area (Å²) in [7, 11) is -1.17. The fourth-order valence-corrected chi connectivity index (χ4v) is 1.36. The third-order valence-corrected chi connectivity index (χ3v) is 1.99. The maximum atomic E-state index is 10.4. The molecule has 0 aromatic carbocycles. The van der Waals surface area contributed by atoms with Crippen molar-refractivity contribution in [2.45, 2.75) is 13.3 Å². The summed E-state index contributed by atoms with van der Waals surface area (Å²) in [4.78, 5) is 0. The van der Waals surface area contributed by atoms with Crippen molar-refractivity contribution < 1.29 is 4.21 Å². The van der Waals surface area contributed by atoms with Gasteiger partial charge >= 0.3 is 0 Å². The first-order chi connectivity index (χ1) is 4.20. The summed E-state index contributed by atoms with van der Waals surface area (Å²) in [5.74, 6) is 0.857. The molecule has 0 aliphatic rings. The summed E-state index contributed by atoms with van der Waals surface area (Å²) < 4.78 is 10.4. The second-order valence-corrected chi connectivity index (χ2v) is 3.05. The predicted molar refractivity (Wildman–Crippen MR) is 41.2 cm³/mol. The lowest BCUT2D eigenvalue weighted by Gasteiger charge is -2.04. The molecule has 0 rings (SSSR count). The van der Waals surface area contributed by atoms with Gasteiger partial charge in [0.15, 0.2) is 0 Å². The standard InChI is InChI=1S/C6H13NOS/c1-3-6(4-2)5-9(7)8/h3,6H,1,4-5,7H2,2H3. The van der Waals surface area contributed by atoms with Crippen molar-refractivity contribution in [3.05, 3.63) is 12.7 Å². The topological polar surface area (TPSA) is 43.1 Å². The Labute approximate surface area is 58.7 Å². The summed E-state index contributed by atoms with van der Waals surface area (Å²) in [5, 5.41) is 5.07. The van der Waals surface area contributed by atoms with E-state index in [1.165, 1.54) is 0 Å². The first-order valence-electron chi connectivity index (χ1n) is 2.96. The van der Waals surface area contributed by atoms with Crippen LogP contribution in [-0.4, -0.2) is 9.96 Å². The average molecular weight is 147 g/mol. The highest BCUT2D eigenvalue weighted by Crippen LogP contribution is 2.02. The van der Waals surface area contributed by atoms with E-state index in [0.29, 0.717) is 11.7 Å². The highest BCUT2D eigenvalue weighted by molar-refractivity contribution is 7.82. The molecule has 2 nitrogen and oxygen atoms in total. The predicted octanol–water partition coefficient (Wildman–Crippen LogP) is 0.821. The van der Waals surface area contributed by atoms with Crippen LogP contribution in [0, 0.1) is 5.92 Å². The Morgan fingerprint density at radius 2 is 2.44 bits per heavy atom. The Bertz CT molecular complexity index is 114. The van der Waals surface area contributed by atoms with Crippen LogP contribution in [0.3, 0.4) is 0 Å². The van der Waals surface area contributed by atoms with Crippen LogP contribution < -0.4 is 5.14 Å². The number of nitrogens with two attached hydrogens (primary N) is 1. The molecule has 9 heavy (non-hydrogen) atoms. The molecule has 0 aliphatic heterocycles. The molecule has 0 radical (unpaired) electrons. The van der Waals surface area contributed by atoms with Gasteiger partial charge in [0.05, 0.1) is 11.0 Å². The van der Waals surface area contributed by atoms with Gasteiger partial charge in [0.2, 0.25) is 0 Å². The van der Waals surface area contributed by atoms with E-state index in [1.54, 1.807) is 6.08 Å². The Kier molecular flexibility index (Phi) is 4.62. The van der Waals surface area contributed by atoms with Gasteiger partial charge in [-0.05, 0) is 12.3 Å². The summed E-state index contributed by atoms with van der Waals surface area (Å²) in [6, 6.07) is 0. The van der Waals surface area contributed by atoms with Crippen LogP contribution in [0.5, 0.6) is 0 Å². The van der Waals surface area contributed by atoms with Gasteiger partial charge in [0.1, 0.15) is 0 Å². The summed E-state index contributed by atoms with van der Waals surface area (Å²) in [5.41, 5.74) is 0. The first kappa shape index (κ1) is 8.85. The van der Waals surface area contributed by atoms with E-state index in [9.17, 15) is 4.21 Å². The lowest BCUT2D eigenvalue weighted by molar-refractivity contribution is 0.658. The van der Waals surface area contributed by atoms with Gasteiger partial charge < -0.3 is 0 Å². The zero-order valence-corrected chi connectivity index (χ0v) is 6.49. The maximum absolute atomic E-state index is 10.4. The molecule has 0 saturated heterocycles. The van der Waals surface area contributed by atoms with E-state index >= 15 is 0 Å².